The highest BCUT2D eigenvalue weighted by Gasteiger charge is 2.60. The maximum Gasteiger partial charge on any atom is 0.250 e. The maximum atomic E-state index is 13.7. The normalized spacial score (nSPS) is 23.0. The molecule has 0 saturated carbocycles. The van der Waals surface area contributed by atoms with Gasteiger partial charge in [0, 0.05) is 17.3 Å². The summed E-state index contributed by atoms with van der Waals surface area (Å²) in [6, 6.07) is 20.9. The van der Waals surface area contributed by atoms with Gasteiger partial charge < -0.3 is 15.4 Å². The van der Waals surface area contributed by atoms with Gasteiger partial charge in [-0.1, -0.05) is 48.0 Å². The monoisotopic (exact) mass is 475 g/mol. The molecule has 0 bridgehead atoms. The van der Waals surface area contributed by atoms with Gasteiger partial charge in [-0.25, -0.2) is 0 Å². The minimum Gasteiger partial charge on any atom is -0.497 e. The van der Waals surface area contributed by atoms with Crippen molar-refractivity contribution in [3.05, 3.63) is 88.4 Å². The molecule has 34 heavy (non-hydrogen) atoms. The zero-order valence-electron chi connectivity index (χ0n) is 19.0. The van der Waals surface area contributed by atoms with Crippen molar-refractivity contribution in [1.29, 1.82) is 0 Å². The summed E-state index contributed by atoms with van der Waals surface area (Å²) in [6.07, 6.45) is 1.21. The topological polar surface area (TPSA) is 79.5 Å². The van der Waals surface area contributed by atoms with Crippen LogP contribution in [-0.4, -0.2) is 25.0 Å². The molecule has 7 heteroatoms. The number of rotatable bonds is 5. The van der Waals surface area contributed by atoms with E-state index in [9.17, 15) is 9.59 Å². The molecular formula is C27H26ClN3O3. The molecule has 174 valence electrons. The number of methoxy groups -OCH3 is 1. The van der Waals surface area contributed by atoms with Crippen LogP contribution in [0, 0.1) is 12.8 Å². The van der Waals surface area contributed by atoms with Crippen molar-refractivity contribution >= 4 is 34.8 Å². The third-order valence-electron chi connectivity index (χ3n) is 6.73. The molecule has 3 aromatic rings. The fraction of sp³-hybridized carbons (Fsp3) is 0.259. The lowest BCUT2D eigenvalue weighted by atomic mass is 9.79. The first-order chi connectivity index (χ1) is 16.4. The van der Waals surface area contributed by atoms with Crippen LogP contribution in [-0.2, 0) is 21.5 Å². The Morgan fingerprint density at radius 2 is 1.88 bits per heavy atom. The Morgan fingerprint density at radius 1 is 1.15 bits per heavy atom. The molecule has 1 saturated heterocycles. The quantitative estimate of drug-likeness (QED) is 0.501. The molecule has 2 heterocycles. The lowest BCUT2D eigenvalue weighted by Crippen LogP contribution is -2.52. The fourth-order valence-electron chi connectivity index (χ4n) is 5.19. The van der Waals surface area contributed by atoms with Gasteiger partial charge in [-0.3, -0.25) is 14.9 Å². The van der Waals surface area contributed by atoms with Gasteiger partial charge in [-0.15, -0.1) is 0 Å². The van der Waals surface area contributed by atoms with E-state index in [1.54, 1.807) is 31.4 Å². The van der Waals surface area contributed by atoms with Crippen LogP contribution in [0.2, 0.25) is 5.02 Å². The average Bonchev–Trinajstić information content (AvgIpc) is 3.34. The van der Waals surface area contributed by atoms with E-state index < -0.39 is 11.5 Å². The number of anilines is 2. The van der Waals surface area contributed by atoms with E-state index in [-0.39, 0.29) is 17.9 Å². The third kappa shape index (κ3) is 3.83. The first-order valence-corrected chi connectivity index (χ1v) is 11.7. The smallest absolute Gasteiger partial charge is 0.250 e. The van der Waals surface area contributed by atoms with Gasteiger partial charge in [-0.05, 0) is 61.2 Å². The molecule has 1 spiro atoms. The highest BCUT2D eigenvalue weighted by atomic mass is 35.5. The molecule has 3 aromatic carbocycles. The predicted molar refractivity (Wildman–Crippen MR) is 133 cm³/mol. The van der Waals surface area contributed by atoms with Gasteiger partial charge in [0.2, 0.25) is 11.8 Å². The second-order valence-electron chi connectivity index (χ2n) is 8.97. The summed E-state index contributed by atoms with van der Waals surface area (Å²) in [5.41, 5.74) is 2.84. The van der Waals surface area contributed by atoms with Crippen LogP contribution in [0.5, 0.6) is 5.75 Å². The number of benzene rings is 3. The molecule has 5 rings (SSSR count). The predicted octanol–water partition coefficient (Wildman–Crippen LogP) is 4.66. The lowest BCUT2D eigenvalue weighted by molar-refractivity contribution is -0.130. The number of carbonyl (C=O) groups excluding carboxylic acids is 2. The molecule has 1 fully saturated rings. The maximum absolute atomic E-state index is 13.7. The first-order valence-electron chi connectivity index (χ1n) is 11.3. The SMILES string of the molecule is COc1ccc(NC(=O)[C@H]2C[C@H](Cc3ccccc3)N[C@@]23C(=O)Nc2c(Cl)cc(C)cc23)cc1. The van der Waals surface area contributed by atoms with Gasteiger partial charge >= 0.3 is 0 Å². The van der Waals surface area contributed by atoms with Gasteiger partial charge in [0.05, 0.1) is 23.7 Å². The van der Waals surface area contributed by atoms with E-state index in [4.69, 9.17) is 16.3 Å². The molecule has 2 aliphatic heterocycles. The van der Waals surface area contributed by atoms with Crippen molar-refractivity contribution in [3.63, 3.8) is 0 Å². The molecule has 2 aliphatic rings. The molecule has 6 nitrogen and oxygen atoms in total. The van der Waals surface area contributed by atoms with Gasteiger partial charge in [-0.2, -0.15) is 0 Å². The van der Waals surface area contributed by atoms with E-state index in [0.29, 0.717) is 35.0 Å². The van der Waals surface area contributed by atoms with E-state index >= 15 is 0 Å². The summed E-state index contributed by atoms with van der Waals surface area (Å²) in [5.74, 6) is -0.383. The molecule has 2 amide bonds. The Morgan fingerprint density at radius 3 is 2.59 bits per heavy atom. The van der Waals surface area contributed by atoms with Crippen molar-refractivity contribution < 1.29 is 14.3 Å². The third-order valence-corrected chi connectivity index (χ3v) is 7.03. The van der Waals surface area contributed by atoms with Crippen LogP contribution >= 0.6 is 11.6 Å². The second-order valence-corrected chi connectivity index (χ2v) is 9.38. The van der Waals surface area contributed by atoms with Crippen LogP contribution in [0.15, 0.2) is 66.7 Å². The number of fused-ring (bicyclic) bond motifs is 2. The second kappa shape index (κ2) is 8.78. The summed E-state index contributed by atoms with van der Waals surface area (Å²) in [6.45, 7) is 1.94. The molecule has 0 aromatic heterocycles. The Labute approximate surface area is 203 Å². The van der Waals surface area contributed by atoms with Crippen molar-refractivity contribution in [2.75, 3.05) is 17.7 Å². The van der Waals surface area contributed by atoms with Crippen molar-refractivity contribution in [2.24, 2.45) is 5.92 Å². The fourth-order valence-corrected chi connectivity index (χ4v) is 5.51. The Bertz CT molecular complexity index is 1250. The Balaban J connectivity index is 1.52. The molecular weight excluding hydrogens is 450 g/mol. The first kappa shape index (κ1) is 22.4. The number of aryl methyl sites for hydroxylation is 1. The van der Waals surface area contributed by atoms with Gasteiger partial charge in [0.25, 0.3) is 0 Å². The number of hydrogen-bond acceptors (Lipinski definition) is 4. The van der Waals surface area contributed by atoms with Crippen LogP contribution in [0.3, 0.4) is 0 Å². The molecule has 3 atom stereocenters. The highest BCUT2D eigenvalue weighted by molar-refractivity contribution is 6.35. The zero-order valence-corrected chi connectivity index (χ0v) is 19.8. The minimum absolute atomic E-state index is 0.0648. The van der Waals surface area contributed by atoms with E-state index in [1.165, 1.54) is 0 Å². The minimum atomic E-state index is -1.19. The largest absolute Gasteiger partial charge is 0.497 e. The number of nitrogens with one attached hydrogen (secondary N) is 3. The van der Waals surface area contributed by atoms with E-state index in [0.717, 1.165) is 16.7 Å². The summed E-state index contributed by atoms with van der Waals surface area (Å²) >= 11 is 6.50. The number of amides is 2. The van der Waals surface area contributed by atoms with E-state index in [1.807, 2.05) is 37.3 Å². The Hall–Kier alpha value is -3.35. The lowest BCUT2D eigenvalue weighted by Gasteiger charge is -2.29. The zero-order chi connectivity index (χ0) is 23.9. The van der Waals surface area contributed by atoms with Crippen LogP contribution in [0.1, 0.15) is 23.1 Å². The van der Waals surface area contributed by atoms with Crippen molar-refractivity contribution in [2.45, 2.75) is 31.3 Å². The summed E-state index contributed by atoms with van der Waals surface area (Å²) < 4.78 is 5.21. The average molecular weight is 476 g/mol. The van der Waals surface area contributed by atoms with Crippen LogP contribution in [0.4, 0.5) is 11.4 Å². The molecule has 3 N–H and O–H groups in total. The molecule has 0 aliphatic carbocycles. The van der Waals surface area contributed by atoms with Crippen molar-refractivity contribution in [3.8, 4) is 5.75 Å². The van der Waals surface area contributed by atoms with Crippen LogP contribution in [0.25, 0.3) is 0 Å². The van der Waals surface area contributed by atoms with Crippen molar-refractivity contribution in [1.82, 2.24) is 5.32 Å². The summed E-state index contributed by atoms with van der Waals surface area (Å²) in [7, 11) is 1.59. The summed E-state index contributed by atoms with van der Waals surface area (Å²) in [4.78, 5) is 27.2. The number of ether oxygens (including phenoxy) is 1. The molecule has 0 unspecified atom stereocenters. The number of carbonyl (C=O) groups is 2. The summed E-state index contributed by atoms with van der Waals surface area (Å²) in [5, 5.41) is 9.98. The molecule has 0 radical (unpaired) electrons. The van der Waals surface area contributed by atoms with E-state index in [2.05, 4.69) is 28.1 Å². The Kier molecular flexibility index (Phi) is 5.80. The number of hydrogen-bond donors (Lipinski definition) is 3. The van der Waals surface area contributed by atoms with Crippen LogP contribution < -0.4 is 20.7 Å². The van der Waals surface area contributed by atoms with Gasteiger partial charge in [0.1, 0.15) is 11.3 Å². The number of halogens is 1. The highest BCUT2D eigenvalue weighted by Crippen LogP contribution is 2.50. The standard InChI is InChI=1S/C27H26ClN3O3/c1-16-12-21-24(23(28)13-16)30-26(33)27(21)22(15-19(31-27)14-17-6-4-3-5-7-17)25(32)29-18-8-10-20(34-2)11-9-18/h3-13,19,22,31H,14-15H2,1-2H3,(H,29,32)(H,30,33)/t19-,22+,27+/m0/s1. The van der Waals surface area contributed by atoms with Gasteiger partial charge in [0.15, 0.2) is 0 Å².